The van der Waals surface area contributed by atoms with Gasteiger partial charge in [0, 0.05) is 6.54 Å². The van der Waals surface area contributed by atoms with E-state index in [0.29, 0.717) is 13.2 Å². The lowest BCUT2D eigenvalue weighted by atomic mass is 10.0. The lowest BCUT2D eigenvalue weighted by Gasteiger charge is -2.16. The maximum atomic E-state index is 11.0. The summed E-state index contributed by atoms with van der Waals surface area (Å²) in [4.78, 5) is 11.0. The highest BCUT2D eigenvalue weighted by atomic mass is 16.5. The van der Waals surface area contributed by atoms with E-state index in [9.17, 15) is 4.79 Å². The molecule has 3 nitrogen and oxygen atoms in total. The number of amides is 1. The summed E-state index contributed by atoms with van der Waals surface area (Å²) in [5.74, 6) is 0.893. The highest BCUT2D eigenvalue weighted by Gasteiger charge is 2.09. The van der Waals surface area contributed by atoms with Gasteiger partial charge in [-0.3, -0.25) is 4.79 Å². The lowest BCUT2D eigenvalue weighted by Crippen LogP contribution is -2.22. The fourth-order valence-electron chi connectivity index (χ4n) is 2.08. The van der Waals surface area contributed by atoms with Gasteiger partial charge in [-0.15, -0.1) is 0 Å². The van der Waals surface area contributed by atoms with Gasteiger partial charge in [0.25, 0.3) is 0 Å². The fourth-order valence-corrected chi connectivity index (χ4v) is 2.08. The summed E-state index contributed by atoms with van der Waals surface area (Å²) >= 11 is 0. The summed E-state index contributed by atoms with van der Waals surface area (Å²) in [6, 6.07) is 2.20. The average Bonchev–Trinajstić information content (AvgIpc) is 2.43. The van der Waals surface area contributed by atoms with Gasteiger partial charge < -0.3 is 10.1 Å². The SMILES string of the molecule is C=CC(=O)NCCCCOc1c(C)c(C)cc(C)c1C. The summed E-state index contributed by atoms with van der Waals surface area (Å²) in [6.45, 7) is 13.2. The van der Waals surface area contributed by atoms with Crippen molar-refractivity contribution in [2.75, 3.05) is 13.2 Å². The number of hydrogen-bond donors (Lipinski definition) is 1. The minimum Gasteiger partial charge on any atom is -0.493 e. The van der Waals surface area contributed by atoms with Crippen LogP contribution in [0, 0.1) is 27.7 Å². The van der Waals surface area contributed by atoms with E-state index in [1.54, 1.807) is 0 Å². The normalized spacial score (nSPS) is 10.2. The zero-order valence-corrected chi connectivity index (χ0v) is 13.0. The van der Waals surface area contributed by atoms with Crippen molar-refractivity contribution in [1.29, 1.82) is 0 Å². The van der Waals surface area contributed by atoms with E-state index in [2.05, 4.69) is 45.7 Å². The first-order chi connectivity index (χ1) is 9.47. The molecule has 1 amide bonds. The molecule has 0 saturated carbocycles. The minimum atomic E-state index is -0.119. The quantitative estimate of drug-likeness (QED) is 0.612. The molecular weight excluding hydrogens is 250 g/mol. The van der Waals surface area contributed by atoms with Crippen molar-refractivity contribution < 1.29 is 9.53 Å². The maximum Gasteiger partial charge on any atom is 0.243 e. The molecule has 0 bridgehead atoms. The number of unbranched alkanes of at least 4 members (excludes halogenated alkanes) is 1. The van der Waals surface area contributed by atoms with Gasteiger partial charge in [0.2, 0.25) is 5.91 Å². The van der Waals surface area contributed by atoms with Crippen LogP contribution in [0.25, 0.3) is 0 Å². The molecule has 0 radical (unpaired) electrons. The predicted molar refractivity (Wildman–Crippen MR) is 83.3 cm³/mol. The Bertz CT molecular complexity index is 466. The van der Waals surface area contributed by atoms with Crippen molar-refractivity contribution >= 4 is 5.91 Å². The second-order valence-corrected chi connectivity index (χ2v) is 5.14. The first-order valence-electron chi connectivity index (χ1n) is 7.07. The summed E-state index contributed by atoms with van der Waals surface area (Å²) in [5.41, 5.74) is 4.96. The van der Waals surface area contributed by atoms with E-state index in [0.717, 1.165) is 18.6 Å². The zero-order valence-electron chi connectivity index (χ0n) is 13.0. The number of benzene rings is 1. The van der Waals surface area contributed by atoms with Crippen LogP contribution in [0.15, 0.2) is 18.7 Å². The number of carbonyl (C=O) groups is 1. The van der Waals surface area contributed by atoms with Crippen LogP contribution in [0.1, 0.15) is 35.1 Å². The molecule has 3 heteroatoms. The van der Waals surface area contributed by atoms with Crippen LogP contribution in [0.5, 0.6) is 5.75 Å². The van der Waals surface area contributed by atoms with E-state index in [-0.39, 0.29) is 5.91 Å². The summed E-state index contributed by atoms with van der Waals surface area (Å²) < 4.78 is 5.93. The van der Waals surface area contributed by atoms with Crippen LogP contribution < -0.4 is 10.1 Å². The molecular formula is C17H25NO2. The topological polar surface area (TPSA) is 38.3 Å². The van der Waals surface area contributed by atoms with Crippen molar-refractivity contribution in [3.63, 3.8) is 0 Å². The molecule has 0 fully saturated rings. The molecule has 20 heavy (non-hydrogen) atoms. The number of rotatable bonds is 7. The van der Waals surface area contributed by atoms with Crippen LogP contribution >= 0.6 is 0 Å². The molecule has 1 rings (SSSR count). The summed E-state index contributed by atoms with van der Waals surface area (Å²) in [7, 11) is 0. The predicted octanol–water partition coefficient (Wildman–Crippen LogP) is 3.38. The van der Waals surface area contributed by atoms with Gasteiger partial charge in [0.05, 0.1) is 6.61 Å². The molecule has 1 aromatic rings. The Morgan fingerprint density at radius 3 is 2.35 bits per heavy atom. The average molecular weight is 275 g/mol. The van der Waals surface area contributed by atoms with Gasteiger partial charge in [-0.25, -0.2) is 0 Å². The molecule has 1 N–H and O–H groups in total. The molecule has 0 atom stereocenters. The van der Waals surface area contributed by atoms with Crippen LogP contribution in [0.2, 0.25) is 0 Å². The molecule has 0 heterocycles. The third-order valence-electron chi connectivity index (χ3n) is 3.60. The van der Waals surface area contributed by atoms with Gasteiger partial charge in [-0.05, 0) is 68.9 Å². The molecule has 1 aromatic carbocycles. The summed E-state index contributed by atoms with van der Waals surface area (Å²) in [6.07, 6.45) is 3.12. The smallest absolute Gasteiger partial charge is 0.243 e. The standard InChI is InChI=1S/C17H25NO2/c1-6-16(19)18-9-7-8-10-20-17-14(4)12(2)11-13(3)15(17)5/h6,11H,1,7-10H2,2-5H3,(H,18,19). The third kappa shape index (κ3) is 4.41. The lowest BCUT2D eigenvalue weighted by molar-refractivity contribution is -0.116. The third-order valence-corrected chi connectivity index (χ3v) is 3.60. The van der Waals surface area contributed by atoms with E-state index in [1.807, 2.05) is 0 Å². The van der Waals surface area contributed by atoms with Crippen molar-refractivity contribution in [1.82, 2.24) is 5.32 Å². The Kier molecular flexibility index (Phi) is 6.29. The van der Waals surface area contributed by atoms with Crippen LogP contribution in [-0.2, 0) is 4.79 Å². The van der Waals surface area contributed by atoms with Crippen molar-refractivity contribution in [3.05, 3.63) is 41.0 Å². The monoisotopic (exact) mass is 275 g/mol. The Hall–Kier alpha value is -1.77. The molecule has 0 unspecified atom stereocenters. The second-order valence-electron chi connectivity index (χ2n) is 5.14. The van der Waals surface area contributed by atoms with Crippen molar-refractivity contribution in [2.24, 2.45) is 0 Å². The number of carbonyl (C=O) groups excluding carboxylic acids is 1. The van der Waals surface area contributed by atoms with E-state index in [4.69, 9.17) is 4.74 Å². The molecule has 0 aliphatic heterocycles. The number of hydrogen-bond acceptors (Lipinski definition) is 2. The van der Waals surface area contributed by atoms with Gasteiger partial charge in [0.15, 0.2) is 0 Å². The molecule has 0 aliphatic carbocycles. The first kappa shape index (κ1) is 16.3. The van der Waals surface area contributed by atoms with Crippen LogP contribution in [-0.4, -0.2) is 19.1 Å². The molecule has 0 aliphatic rings. The Morgan fingerprint density at radius 1 is 1.20 bits per heavy atom. The van der Waals surface area contributed by atoms with Crippen LogP contribution in [0.4, 0.5) is 0 Å². The number of nitrogens with one attached hydrogen (secondary N) is 1. The van der Waals surface area contributed by atoms with Crippen molar-refractivity contribution in [2.45, 2.75) is 40.5 Å². The second kappa shape index (κ2) is 7.73. The van der Waals surface area contributed by atoms with E-state index >= 15 is 0 Å². The highest BCUT2D eigenvalue weighted by Crippen LogP contribution is 2.28. The summed E-state index contributed by atoms with van der Waals surface area (Å²) in [5, 5.41) is 2.76. The van der Waals surface area contributed by atoms with Gasteiger partial charge >= 0.3 is 0 Å². The Balaban J connectivity index is 2.43. The van der Waals surface area contributed by atoms with Gasteiger partial charge in [0.1, 0.15) is 5.75 Å². The van der Waals surface area contributed by atoms with Crippen molar-refractivity contribution in [3.8, 4) is 5.75 Å². The Labute approximate surface area is 122 Å². The van der Waals surface area contributed by atoms with Crippen LogP contribution in [0.3, 0.4) is 0 Å². The largest absolute Gasteiger partial charge is 0.493 e. The molecule has 0 spiro atoms. The number of ether oxygens (including phenoxy) is 1. The molecule has 110 valence electrons. The first-order valence-corrected chi connectivity index (χ1v) is 7.07. The minimum absolute atomic E-state index is 0.119. The van der Waals surface area contributed by atoms with Gasteiger partial charge in [-0.1, -0.05) is 12.6 Å². The fraction of sp³-hybridized carbons (Fsp3) is 0.471. The zero-order chi connectivity index (χ0) is 15.1. The van der Waals surface area contributed by atoms with E-state index < -0.39 is 0 Å². The molecule has 0 aromatic heterocycles. The Morgan fingerprint density at radius 2 is 1.80 bits per heavy atom. The van der Waals surface area contributed by atoms with E-state index in [1.165, 1.54) is 28.3 Å². The van der Waals surface area contributed by atoms with Gasteiger partial charge in [-0.2, -0.15) is 0 Å². The molecule has 0 saturated heterocycles. The highest BCUT2D eigenvalue weighted by molar-refractivity contribution is 5.86. The number of aryl methyl sites for hydroxylation is 2. The maximum absolute atomic E-state index is 11.0.